The molecule has 2 saturated carbocycles. The van der Waals surface area contributed by atoms with E-state index in [1.807, 2.05) is 32.0 Å². The van der Waals surface area contributed by atoms with Gasteiger partial charge in [-0.05, 0) is 62.1 Å². The van der Waals surface area contributed by atoms with Gasteiger partial charge in [0.2, 0.25) is 5.91 Å². The Balaban J connectivity index is 0.00000225. The number of anilines is 1. The zero-order valence-electron chi connectivity index (χ0n) is 16.5. The molecule has 2 fully saturated rings. The van der Waals surface area contributed by atoms with Gasteiger partial charge in [-0.3, -0.25) is 4.79 Å². The summed E-state index contributed by atoms with van der Waals surface area (Å²) in [5.74, 6) is 2.32. The molecule has 0 spiro atoms. The van der Waals surface area contributed by atoms with E-state index in [2.05, 4.69) is 15.5 Å². The van der Waals surface area contributed by atoms with E-state index in [1.165, 1.54) is 6.42 Å². The van der Waals surface area contributed by atoms with E-state index in [4.69, 9.17) is 10.3 Å². The SMILES string of the molecule is CCc1noc(-c2ccc(C)c(NC(=O)C3CC4CCCC(C3)C4N)c2)n1.Cl. The summed E-state index contributed by atoms with van der Waals surface area (Å²) in [7, 11) is 0. The summed E-state index contributed by atoms with van der Waals surface area (Å²) in [4.78, 5) is 17.3. The van der Waals surface area contributed by atoms with Gasteiger partial charge >= 0.3 is 0 Å². The van der Waals surface area contributed by atoms with Crippen molar-refractivity contribution in [1.82, 2.24) is 10.1 Å². The summed E-state index contributed by atoms with van der Waals surface area (Å²) < 4.78 is 5.33. The van der Waals surface area contributed by atoms with Crippen LogP contribution in [0.15, 0.2) is 22.7 Å². The number of carbonyl (C=O) groups is 1. The fraction of sp³-hybridized carbons (Fsp3) is 0.571. The molecule has 1 aromatic carbocycles. The molecule has 2 bridgehead atoms. The van der Waals surface area contributed by atoms with Gasteiger partial charge in [-0.25, -0.2) is 0 Å². The molecule has 1 heterocycles. The average Bonchev–Trinajstić information content (AvgIpc) is 3.12. The average molecular weight is 405 g/mol. The molecule has 7 heteroatoms. The molecule has 1 amide bonds. The number of nitrogens with two attached hydrogens (primary N) is 1. The molecule has 6 nitrogen and oxygen atoms in total. The highest BCUT2D eigenvalue weighted by Gasteiger charge is 2.40. The second-order valence-electron chi connectivity index (χ2n) is 8.09. The van der Waals surface area contributed by atoms with Crippen LogP contribution < -0.4 is 11.1 Å². The number of hydrogen-bond acceptors (Lipinski definition) is 5. The fourth-order valence-electron chi connectivity index (χ4n) is 4.64. The summed E-state index contributed by atoms with van der Waals surface area (Å²) in [6.07, 6.45) is 6.12. The Hall–Kier alpha value is -1.92. The standard InChI is InChI=1S/C21H28N4O2.ClH/c1-3-18-24-21(27-25-18)15-8-7-12(2)17(11-15)23-20(26)16-9-13-5-4-6-14(10-16)19(13)22;/h7-8,11,13-14,16,19H,3-6,9-10,22H2,1-2H3,(H,23,26);1H. The highest BCUT2D eigenvalue weighted by atomic mass is 35.5. The molecule has 1 aromatic heterocycles. The Bertz CT molecular complexity index is 824. The van der Waals surface area contributed by atoms with Crippen LogP contribution in [-0.4, -0.2) is 22.1 Å². The molecule has 152 valence electrons. The molecule has 2 atom stereocenters. The van der Waals surface area contributed by atoms with Crippen LogP contribution in [0.5, 0.6) is 0 Å². The van der Waals surface area contributed by atoms with Crippen molar-refractivity contribution in [2.45, 2.75) is 58.4 Å². The van der Waals surface area contributed by atoms with Crippen molar-refractivity contribution < 1.29 is 9.32 Å². The Morgan fingerprint density at radius 3 is 2.64 bits per heavy atom. The normalized spacial score (nSPS) is 26.4. The fourth-order valence-corrected chi connectivity index (χ4v) is 4.64. The van der Waals surface area contributed by atoms with Crippen LogP contribution in [0.2, 0.25) is 0 Å². The molecule has 4 rings (SSSR count). The Morgan fingerprint density at radius 1 is 1.29 bits per heavy atom. The second kappa shape index (κ2) is 8.62. The van der Waals surface area contributed by atoms with Crippen LogP contribution in [0.3, 0.4) is 0 Å². The predicted molar refractivity (Wildman–Crippen MR) is 111 cm³/mol. The van der Waals surface area contributed by atoms with Gasteiger partial charge in [0.25, 0.3) is 5.89 Å². The molecule has 2 aliphatic carbocycles. The maximum atomic E-state index is 13.0. The minimum absolute atomic E-state index is 0. The van der Waals surface area contributed by atoms with Crippen molar-refractivity contribution in [1.29, 1.82) is 0 Å². The first-order valence-corrected chi connectivity index (χ1v) is 10.0. The van der Waals surface area contributed by atoms with Crippen LogP contribution in [0.1, 0.15) is 50.4 Å². The molecule has 2 unspecified atom stereocenters. The van der Waals surface area contributed by atoms with E-state index in [-0.39, 0.29) is 30.3 Å². The van der Waals surface area contributed by atoms with Gasteiger partial charge < -0.3 is 15.6 Å². The van der Waals surface area contributed by atoms with Crippen LogP contribution >= 0.6 is 12.4 Å². The molecule has 2 aliphatic rings. The quantitative estimate of drug-likeness (QED) is 0.799. The lowest BCUT2D eigenvalue weighted by molar-refractivity contribution is -0.122. The number of rotatable bonds is 4. The van der Waals surface area contributed by atoms with Gasteiger partial charge in [0.05, 0.1) is 0 Å². The predicted octanol–water partition coefficient (Wildman–Crippen LogP) is 4.12. The molecular formula is C21H29ClN4O2. The smallest absolute Gasteiger partial charge is 0.257 e. The number of nitrogens with zero attached hydrogens (tertiary/aromatic N) is 2. The van der Waals surface area contributed by atoms with Crippen molar-refractivity contribution in [2.24, 2.45) is 23.5 Å². The first-order chi connectivity index (χ1) is 13.0. The van der Waals surface area contributed by atoms with Gasteiger partial charge in [0.1, 0.15) is 0 Å². The minimum atomic E-state index is 0. The third-order valence-electron chi connectivity index (χ3n) is 6.31. The Morgan fingerprint density at radius 2 is 2.00 bits per heavy atom. The molecule has 3 N–H and O–H groups in total. The van der Waals surface area contributed by atoms with Crippen LogP contribution in [-0.2, 0) is 11.2 Å². The third-order valence-corrected chi connectivity index (χ3v) is 6.31. The van der Waals surface area contributed by atoms with Crippen molar-refractivity contribution >= 4 is 24.0 Å². The number of fused-ring (bicyclic) bond motifs is 2. The summed E-state index contributed by atoms with van der Waals surface area (Å²) >= 11 is 0. The van der Waals surface area contributed by atoms with Crippen molar-refractivity contribution in [3.05, 3.63) is 29.6 Å². The molecule has 28 heavy (non-hydrogen) atoms. The Labute approximate surface area is 172 Å². The van der Waals surface area contributed by atoms with Crippen molar-refractivity contribution in [3.8, 4) is 11.5 Å². The maximum Gasteiger partial charge on any atom is 0.257 e. The van der Waals surface area contributed by atoms with E-state index in [9.17, 15) is 4.79 Å². The largest absolute Gasteiger partial charge is 0.334 e. The first kappa shape index (κ1) is 20.8. The van der Waals surface area contributed by atoms with Gasteiger partial charge in [-0.15, -0.1) is 12.4 Å². The lowest BCUT2D eigenvalue weighted by Crippen LogP contribution is -2.48. The van der Waals surface area contributed by atoms with Crippen LogP contribution in [0.25, 0.3) is 11.5 Å². The highest BCUT2D eigenvalue weighted by molar-refractivity contribution is 5.94. The van der Waals surface area contributed by atoms with Crippen molar-refractivity contribution in [2.75, 3.05) is 5.32 Å². The number of aryl methyl sites for hydroxylation is 2. The lowest BCUT2D eigenvalue weighted by Gasteiger charge is -2.43. The topological polar surface area (TPSA) is 94.0 Å². The van der Waals surface area contributed by atoms with Crippen molar-refractivity contribution in [3.63, 3.8) is 0 Å². The number of halogens is 1. The maximum absolute atomic E-state index is 13.0. The summed E-state index contributed by atoms with van der Waals surface area (Å²) in [5, 5.41) is 7.10. The lowest BCUT2D eigenvalue weighted by atomic mass is 9.65. The van der Waals surface area contributed by atoms with Crippen LogP contribution in [0, 0.1) is 24.7 Å². The zero-order chi connectivity index (χ0) is 19.0. The summed E-state index contributed by atoms with van der Waals surface area (Å²) in [6, 6.07) is 6.13. The third kappa shape index (κ3) is 4.08. The molecule has 0 saturated heterocycles. The Kier molecular flexibility index (Phi) is 6.40. The van der Waals surface area contributed by atoms with E-state index in [0.29, 0.717) is 23.6 Å². The molecule has 0 radical (unpaired) electrons. The number of hydrogen-bond donors (Lipinski definition) is 2. The molecular weight excluding hydrogens is 376 g/mol. The van der Waals surface area contributed by atoms with E-state index in [0.717, 1.165) is 48.9 Å². The number of nitrogens with one attached hydrogen (secondary N) is 1. The van der Waals surface area contributed by atoms with Gasteiger partial charge in [0, 0.05) is 29.6 Å². The van der Waals surface area contributed by atoms with Gasteiger partial charge in [-0.1, -0.05) is 24.6 Å². The minimum Gasteiger partial charge on any atom is -0.334 e. The first-order valence-electron chi connectivity index (χ1n) is 10.0. The summed E-state index contributed by atoms with van der Waals surface area (Å²) in [6.45, 7) is 3.98. The van der Waals surface area contributed by atoms with E-state index < -0.39 is 0 Å². The number of aromatic nitrogens is 2. The van der Waals surface area contributed by atoms with Gasteiger partial charge in [0.15, 0.2) is 5.82 Å². The summed E-state index contributed by atoms with van der Waals surface area (Å²) in [5.41, 5.74) is 9.03. The second-order valence-corrected chi connectivity index (χ2v) is 8.09. The molecule has 2 aromatic rings. The number of carbonyl (C=O) groups excluding carboxylic acids is 1. The van der Waals surface area contributed by atoms with Crippen LogP contribution in [0.4, 0.5) is 5.69 Å². The highest BCUT2D eigenvalue weighted by Crippen LogP contribution is 2.42. The monoisotopic (exact) mass is 404 g/mol. The number of amides is 1. The molecule has 0 aliphatic heterocycles. The van der Waals surface area contributed by atoms with E-state index >= 15 is 0 Å². The van der Waals surface area contributed by atoms with E-state index in [1.54, 1.807) is 0 Å². The van der Waals surface area contributed by atoms with Gasteiger partial charge in [-0.2, -0.15) is 4.98 Å². The zero-order valence-corrected chi connectivity index (χ0v) is 17.3. The number of benzene rings is 1.